The molecular weight excluding hydrogens is 308 g/mol. The Kier molecular flexibility index (Phi) is 8.33. The van der Waals surface area contributed by atoms with Crippen molar-refractivity contribution in [1.29, 1.82) is 0 Å². The second-order valence-corrected chi connectivity index (χ2v) is 7.53. The van der Waals surface area contributed by atoms with Gasteiger partial charge < -0.3 is 11.1 Å². The van der Waals surface area contributed by atoms with Crippen molar-refractivity contribution in [3.8, 4) is 0 Å². The highest BCUT2D eigenvalue weighted by Gasteiger charge is 2.13. The molecule has 21 heavy (non-hydrogen) atoms. The smallest absolute Gasteiger partial charge is 0.250 e. The van der Waals surface area contributed by atoms with E-state index in [1.54, 1.807) is 17.5 Å². The van der Waals surface area contributed by atoms with Gasteiger partial charge in [-0.1, -0.05) is 32.3 Å². The number of unbranched alkanes of at least 4 members (excludes halogenated alkanes) is 3. The third-order valence-electron chi connectivity index (χ3n) is 2.78. The maximum absolute atomic E-state index is 11.8. The van der Waals surface area contributed by atoms with Crippen molar-refractivity contribution in [2.75, 3.05) is 19.6 Å². The number of hydrogen-bond acceptors (Lipinski definition) is 4. The summed E-state index contributed by atoms with van der Waals surface area (Å²) in [7, 11) is -3.39. The standard InChI is InChI=1S/C13H24N4O2S2/c1-2-3-4-5-8-15-13(14)16-9-10-17-21(18,19)12-7-6-11-20-12/h6-7,11,17H,2-5,8-10H2,1H3,(H3,14,15,16). The molecule has 0 aliphatic carbocycles. The van der Waals surface area contributed by atoms with E-state index in [1.807, 2.05) is 0 Å². The molecule has 0 aliphatic rings. The Morgan fingerprint density at radius 2 is 2.14 bits per heavy atom. The van der Waals surface area contributed by atoms with Gasteiger partial charge in [0.2, 0.25) is 10.0 Å². The minimum atomic E-state index is -3.39. The minimum Gasteiger partial charge on any atom is -0.370 e. The quantitative estimate of drug-likeness (QED) is 0.344. The second kappa shape index (κ2) is 9.75. The van der Waals surface area contributed by atoms with Crippen molar-refractivity contribution in [1.82, 2.24) is 10.0 Å². The monoisotopic (exact) mass is 332 g/mol. The van der Waals surface area contributed by atoms with Crippen LogP contribution in [0.2, 0.25) is 0 Å². The average molecular weight is 332 g/mol. The topological polar surface area (TPSA) is 96.6 Å². The van der Waals surface area contributed by atoms with Gasteiger partial charge in [0.1, 0.15) is 4.21 Å². The molecule has 0 saturated carbocycles. The molecule has 1 rings (SSSR count). The molecule has 0 atom stereocenters. The van der Waals surface area contributed by atoms with Gasteiger partial charge in [-0.3, -0.25) is 4.99 Å². The molecule has 0 bridgehead atoms. The average Bonchev–Trinajstić information content (AvgIpc) is 2.98. The first-order valence-corrected chi connectivity index (χ1v) is 9.49. The van der Waals surface area contributed by atoms with Crippen molar-refractivity contribution in [3.63, 3.8) is 0 Å². The van der Waals surface area contributed by atoms with Gasteiger partial charge in [0.25, 0.3) is 0 Å². The molecule has 4 N–H and O–H groups in total. The third kappa shape index (κ3) is 7.45. The summed E-state index contributed by atoms with van der Waals surface area (Å²) in [6.07, 6.45) is 4.60. The Hall–Kier alpha value is -1.12. The largest absolute Gasteiger partial charge is 0.370 e. The van der Waals surface area contributed by atoms with Crippen LogP contribution in [0.3, 0.4) is 0 Å². The van der Waals surface area contributed by atoms with Gasteiger partial charge >= 0.3 is 0 Å². The molecule has 1 aromatic rings. The maximum Gasteiger partial charge on any atom is 0.250 e. The summed E-state index contributed by atoms with van der Waals surface area (Å²) >= 11 is 1.19. The zero-order chi connectivity index (χ0) is 15.6. The van der Waals surface area contributed by atoms with Crippen LogP contribution in [0.4, 0.5) is 0 Å². The fourth-order valence-corrected chi connectivity index (χ4v) is 3.73. The van der Waals surface area contributed by atoms with E-state index in [9.17, 15) is 8.42 Å². The van der Waals surface area contributed by atoms with Gasteiger partial charge in [0.15, 0.2) is 5.96 Å². The highest BCUT2D eigenvalue weighted by molar-refractivity contribution is 7.91. The van der Waals surface area contributed by atoms with Gasteiger partial charge in [-0.2, -0.15) is 0 Å². The normalized spacial score (nSPS) is 12.5. The first-order chi connectivity index (χ1) is 10.1. The summed E-state index contributed by atoms with van der Waals surface area (Å²) in [6, 6.07) is 3.28. The van der Waals surface area contributed by atoms with Crippen LogP contribution in [-0.2, 0) is 10.0 Å². The van der Waals surface area contributed by atoms with E-state index >= 15 is 0 Å². The van der Waals surface area contributed by atoms with Crippen molar-refractivity contribution >= 4 is 27.3 Å². The lowest BCUT2D eigenvalue weighted by atomic mass is 10.2. The molecule has 0 saturated heterocycles. The Morgan fingerprint density at radius 1 is 1.33 bits per heavy atom. The van der Waals surface area contributed by atoms with E-state index in [1.165, 1.54) is 24.2 Å². The molecular formula is C13H24N4O2S2. The van der Waals surface area contributed by atoms with E-state index in [0.717, 1.165) is 12.8 Å². The van der Waals surface area contributed by atoms with Gasteiger partial charge in [0.05, 0.1) is 0 Å². The highest BCUT2D eigenvalue weighted by Crippen LogP contribution is 2.14. The SMILES string of the molecule is CCCCCCN=C(N)NCCNS(=O)(=O)c1cccs1. The lowest BCUT2D eigenvalue weighted by molar-refractivity contribution is 0.583. The van der Waals surface area contributed by atoms with Gasteiger partial charge in [0, 0.05) is 19.6 Å². The van der Waals surface area contributed by atoms with Crippen LogP contribution >= 0.6 is 11.3 Å². The summed E-state index contributed by atoms with van der Waals surface area (Å²) in [4.78, 5) is 4.19. The van der Waals surface area contributed by atoms with E-state index in [0.29, 0.717) is 23.3 Å². The molecule has 0 aliphatic heterocycles. The number of aliphatic imine (C=N–C) groups is 1. The van der Waals surface area contributed by atoms with E-state index in [2.05, 4.69) is 22.0 Å². The molecule has 120 valence electrons. The molecule has 0 fully saturated rings. The number of rotatable bonds is 10. The molecule has 1 aromatic heterocycles. The highest BCUT2D eigenvalue weighted by atomic mass is 32.2. The number of thiophene rings is 1. The van der Waals surface area contributed by atoms with Crippen molar-refractivity contribution in [3.05, 3.63) is 17.5 Å². The molecule has 0 spiro atoms. The van der Waals surface area contributed by atoms with Crippen LogP contribution in [0.25, 0.3) is 0 Å². The lowest BCUT2D eigenvalue weighted by Crippen LogP contribution is -2.38. The molecule has 0 unspecified atom stereocenters. The van der Waals surface area contributed by atoms with E-state index < -0.39 is 10.0 Å². The Bertz CT molecular complexity index is 512. The van der Waals surface area contributed by atoms with Gasteiger partial charge in [-0.15, -0.1) is 11.3 Å². The number of guanidine groups is 1. The number of nitrogens with zero attached hydrogens (tertiary/aromatic N) is 1. The van der Waals surface area contributed by atoms with E-state index in [4.69, 9.17) is 5.73 Å². The number of sulfonamides is 1. The summed E-state index contributed by atoms with van der Waals surface area (Å²) in [5, 5.41) is 4.63. The maximum atomic E-state index is 11.8. The zero-order valence-corrected chi connectivity index (χ0v) is 14.0. The van der Waals surface area contributed by atoms with Crippen LogP contribution in [0.15, 0.2) is 26.7 Å². The lowest BCUT2D eigenvalue weighted by Gasteiger charge is -2.07. The molecule has 1 heterocycles. The summed E-state index contributed by atoms with van der Waals surface area (Å²) in [5.41, 5.74) is 5.70. The first kappa shape index (κ1) is 17.9. The zero-order valence-electron chi connectivity index (χ0n) is 12.3. The van der Waals surface area contributed by atoms with E-state index in [-0.39, 0.29) is 6.54 Å². The van der Waals surface area contributed by atoms with Crippen LogP contribution in [-0.4, -0.2) is 34.0 Å². The van der Waals surface area contributed by atoms with Crippen LogP contribution in [0.5, 0.6) is 0 Å². The second-order valence-electron chi connectivity index (χ2n) is 4.58. The predicted octanol–water partition coefficient (Wildman–Crippen LogP) is 1.51. The summed E-state index contributed by atoms with van der Waals surface area (Å²) in [6.45, 7) is 3.55. The Labute approximate surface area is 130 Å². The first-order valence-electron chi connectivity index (χ1n) is 7.13. The van der Waals surface area contributed by atoms with Gasteiger partial charge in [-0.25, -0.2) is 13.1 Å². The number of hydrogen-bond donors (Lipinski definition) is 3. The number of nitrogens with two attached hydrogens (primary N) is 1. The Morgan fingerprint density at radius 3 is 2.81 bits per heavy atom. The molecule has 0 amide bonds. The van der Waals surface area contributed by atoms with Gasteiger partial charge in [-0.05, 0) is 17.9 Å². The van der Waals surface area contributed by atoms with Crippen molar-refractivity contribution in [2.45, 2.75) is 36.8 Å². The fourth-order valence-electron chi connectivity index (χ4n) is 1.66. The van der Waals surface area contributed by atoms with Crippen molar-refractivity contribution in [2.24, 2.45) is 10.7 Å². The Balaban J connectivity index is 2.17. The molecule has 8 heteroatoms. The minimum absolute atomic E-state index is 0.270. The molecule has 6 nitrogen and oxygen atoms in total. The van der Waals surface area contributed by atoms with Crippen LogP contribution in [0, 0.1) is 0 Å². The third-order valence-corrected chi connectivity index (χ3v) is 5.64. The number of nitrogens with one attached hydrogen (secondary N) is 2. The summed E-state index contributed by atoms with van der Waals surface area (Å²) < 4.78 is 26.5. The van der Waals surface area contributed by atoms with Crippen LogP contribution < -0.4 is 15.8 Å². The molecule has 0 radical (unpaired) electrons. The fraction of sp³-hybridized carbons (Fsp3) is 0.615. The van der Waals surface area contributed by atoms with Crippen molar-refractivity contribution < 1.29 is 8.42 Å². The predicted molar refractivity (Wildman–Crippen MR) is 88.1 cm³/mol. The molecule has 0 aromatic carbocycles. The van der Waals surface area contributed by atoms with Crippen LogP contribution in [0.1, 0.15) is 32.6 Å². The summed E-state index contributed by atoms with van der Waals surface area (Å²) in [5.74, 6) is 0.363.